The van der Waals surface area contributed by atoms with Gasteiger partial charge in [0.15, 0.2) is 0 Å². The van der Waals surface area contributed by atoms with E-state index < -0.39 is 0 Å². The number of nitrogens with zero attached hydrogens (tertiary/aromatic N) is 4. The number of carbonyl (C=O) groups is 2. The third-order valence-corrected chi connectivity index (χ3v) is 5.79. The highest BCUT2D eigenvalue weighted by Gasteiger charge is 2.36. The highest BCUT2D eigenvalue weighted by molar-refractivity contribution is 5.92. The Balaban J connectivity index is 1.64. The molecule has 0 aromatic carbocycles. The molecule has 1 saturated heterocycles. The molecule has 2 amide bonds. The van der Waals surface area contributed by atoms with Crippen LogP contribution in [0.4, 0.5) is 0 Å². The quantitative estimate of drug-likeness (QED) is 0.784. The van der Waals surface area contributed by atoms with Crippen molar-refractivity contribution >= 4 is 11.8 Å². The molecule has 1 aromatic heterocycles. The smallest absolute Gasteiger partial charge is 0.271 e. The molecule has 6 heteroatoms. The summed E-state index contributed by atoms with van der Waals surface area (Å²) in [4.78, 5) is 29.2. The van der Waals surface area contributed by atoms with Crippen molar-refractivity contribution in [3.8, 4) is 0 Å². The average molecular weight is 361 g/mol. The van der Waals surface area contributed by atoms with Crippen molar-refractivity contribution in [1.82, 2.24) is 19.6 Å². The molecule has 1 aliphatic heterocycles. The Bertz CT molecular complexity index is 661. The Kier molecular flexibility index (Phi) is 5.68. The molecule has 1 atom stereocenters. The molecule has 6 nitrogen and oxygen atoms in total. The Morgan fingerprint density at radius 1 is 1.35 bits per heavy atom. The summed E-state index contributed by atoms with van der Waals surface area (Å²) in [6, 6.07) is 2.35. The average Bonchev–Trinajstić information content (AvgIpc) is 3.33. The lowest BCUT2D eigenvalue weighted by molar-refractivity contribution is -0.129. The van der Waals surface area contributed by atoms with E-state index in [0.717, 1.165) is 25.1 Å². The van der Waals surface area contributed by atoms with Gasteiger partial charge in [-0.1, -0.05) is 26.7 Å². The molecule has 2 aliphatic rings. The lowest BCUT2D eigenvalue weighted by Crippen LogP contribution is -2.37. The number of amides is 2. The summed E-state index contributed by atoms with van der Waals surface area (Å²) in [5, 5.41) is 4.55. The number of carbonyl (C=O) groups excluding carboxylic acids is 2. The predicted octanol–water partition coefficient (Wildman–Crippen LogP) is 2.89. The van der Waals surface area contributed by atoms with Crippen LogP contribution >= 0.6 is 0 Å². The van der Waals surface area contributed by atoms with Crippen molar-refractivity contribution in [2.24, 2.45) is 5.92 Å². The minimum atomic E-state index is -0.00184. The maximum Gasteiger partial charge on any atom is 0.271 e. The van der Waals surface area contributed by atoms with Gasteiger partial charge in [-0.05, 0) is 31.7 Å². The zero-order valence-electron chi connectivity index (χ0n) is 16.6. The molecule has 0 unspecified atom stereocenters. The van der Waals surface area contributed by atoms with Gasteiger partial charge in [0.25, 0.3) is 5.91 Å². The fourth-order valence-electron chi connectivity index (χ4n) is 4.30. The van der Waals surface area contributed by atoms with E-state index in [2.05, 4.69) is 23.8 Å². The second-order valence-electron chi connectivity index (χ2n) is 8.17. The van der Waals surface area contributed by atoms with Crippen LogP contribution < -0.4 is 0 Å². The summed E-state index contributed by atoms with van der Waals surface area (Å²) < 4.78 is 1.79. The fourth-order valence-corrected chi connectivity index (χ4v) is 4.30. The highest BCUT2D eigenvalue weighted by Crippen LogP contribution is 2.29. The lowest BCUT2D eigenvalue weighted by Gasteiger charge is -2.25. The Labute approximate surface area is 156 Å². The van der Waals surface area contributed by atoms with Gasteiger partial charge in [-0.25, -0.2) is 0 Å². The number of aryl methyl sites for hydroxylation is 1. The summed E-state index contributed by atoms with van der Waals surface area (Å²) in [5.41, 5.74) is 1.60. The summed E-state index contributed by atoms with van der Waals surface area (Å²) in [7, 11) is 1.84. The van der Waals surface area contributed by atoms with Gasteiger partial charge in [-0.2, -0.15) is 5.10 Å². The van der Waals surface area contributed by atoms with E-state index in [0.29, 0.717) is 37.2 Å². The van der Waals surface area contributed by atoms with Gasteiger partial charge in [-0.3, -0.25) is 14.3 Å². The topological polar surface area (TPSA) is 58.4 Å². The van der Waals surface area contributed by atoms with E-state index in [-0.39, 0.29) is 17.7 Å². The molecule has 0 N–H and O–H groups in total. The first-order valence-electron chi connectivity index (χ1n) is 10.0. The number of hydrogen-bond donors (Lipinski definition) is 0. The third kappa shape index (κ3) is 3.79. The minimum Gasteiger partial charge on any atom is -0.340 e. The molecular formula is C20H32N4O2. The van der Waals surface area contributed by atoms with Gasteiger partial charge < -0.3 is 9.80 Å². The molecule has 1 aromatic rings. The number of hydrogen-bond acceptors (Lipinski definition) is 3. The van der Waals surface area contributed by atoms with Crippen LogP contribution in [-0.2, 0) is 11.3 Å². The van der Waals surface area contributed by atoms with Crippen molar-refractivity contribution in [1.29, 1.82) is 0 Å². The number of rotatable bonds is 6. The minimum absolute atomic E-state index is 0.00184. The van der Waals surface area contributed by atoms with Crippen molar-refractivity contribution in [2.75, 3.05) is 20.1 Å². The van der Waals surface area contributed by atoms with Gasteiger partial charge in [0.2, 0.25) is 5.91 Å². The summed E-state index contributed by atoms with van der Waals surface area (Å²) in [6.07, 6.45) is 5.31. The lowest BCUT2D eigenvalue weighted by atomic mass is 10.1. The van der Waals surface area contributed by atoms with Crippen LogP contribution in [0.15, 0.2) is 6.07 Å². The van der Waals surface area contributed by atoms with Crippen molar-refractivity contribution in [3.05, 3.63) is 17.5 Å². The van der Waals surface area contributed by atoms with E-state index in [9.17, 15) is 9.59 Å². The molecule has 144 valence electrons. The van der Waals surface area contributed by atoms with E-state index in [1.54, 1.807) is 9.58 Å². The highest BCUT2D eigenvalue weighted by atomic mass is 16.2. The largest absolute Gasteiger partial charge is 0.340 e. The van der Waals surface area contributed by atoms with Gasteiger partial charge in [0.1, 0.15) is 5.69 Å². The van der Waals surface area contributed by atoms with Crippen LogP contribution in [0.2, 0.25) is 0 Å². The molecule has 26 heavy (non-hydrogen) atoms. The van der Waals surface area contributed by atoms with Crippen LogP contribution in [-0.4, -0.2) is 57.6 Å². The molecule has 1 aliphatic carbocycles. The van der Waals surface area contributed by atoms with Crippen LogP contribution in [0.1, 0.15) is 75.0 Å². The Morgan fingerprint density at radius 3 is 2.65 bits per heavy atom. The van der Waals surface area contributed by atoms with Gasteiger partial charge in [0, 0.05) is 45.1 Å². The molecular weight excluding hydrogens is 328 g/mol. The summed E-state index contributed by atoms with van der Waals surface area (Å²) in [6.45, 7) is 8.28. The molecule has 0 radical (unpaired) electrons. The summed E-state index contributed by atoms with van der Waals surface area (Å²) in [5.74, 6) is 0.799. The maximum absolute atomic E-state index is 12.9. The van der Waals surface area contributed by atoms with E-state index in [1.807, 2.05) is 20.0 Å². The van der Waals surface area contributed by atoms with Gasteiger partial charge in [0.05, 0.1) is 5.69 Å². The monoisotopic (exact) mass is 360 g/mol. The predicted molar refractivity (Wildman–Crippen MR) is 101 cm³/mol. The number of likely N-dealkylation sites (tertiary alicyclic amines) is 1. The molecule has 2 fully saturated rings. The normalized spacial score (nSPS) is 21.2. The van der Waals surface area contributed by atoms with Crippen LogP contribution in [0, 0.1) is 5.92 Å². The van der Waals surface area contributed by atoms with Crippen LogP contribution in [0.3, 0.4) is 0 Å². The molecule has 0 spiro atoms. The number of aromatic nitrogens is 2. The van der Waals surface area contributed by atoms with E-state index in [4.69, 9.17) is 0 Å². The second-order valence-corrected chi connectivity index (χ2v) is 8.17. The molecule has 0 bridgehead atoms. The zero-order valence-corrected chi connectivity index (χ0v) is 16.6. The molecule has 2 heterocycles. The van der Waals surface area contributed by atoms with E-state index >= 15 is 0 Å². The van der Waals surface area contributed by atoms with Crippen molar-refractivity contribution in [3.63, 3.8) is 0 Å². The maximum atomic E-state index is 12.9. The standard InChI is InChI=1S/C20H32N4O2/c1-5-24-18(11-17(21-24)14(2)3)20(26)22(4)12-15-10-19(25)23(13-15)16-8-6-7-9-16/h11,14-16H,5-10,12-13H2,1-4H3/t15-/m1/s1. The van der Waals surface area contributed by atoms with Gasteiger partial charge in [-0.15, -0.1) is 0 Å². The fraction of sp³-hybridized carbons (Fsp3) is 0.750. The Hall–Kier alpha value is -1.85. The van der Waals surface area contributed by atoms with E-state index in [1.165, 1.54) is 12.8 Å². The Morgan fingerprint density at radius 2 is 2.04 bits per heavy atom. The van der Waals surface area contributed by atoms with Crippen LogP contribution in [0.5, 0.6) is 0 Å². The second kappa shape index (κ2) is 7.80. The first-order valence-corrected chi connectivity index (χ1v) is 10.0. The van der Waals surface area contributed by atoms with Crippen molar-refractivity contribution < 1.29 is 9.59 Å². The first kappa shape index (κ1) is 18.9. The van der Waals surface area contributed by atoms with Crippen molar-refractivity contribution in [2.45, 2.75) is 71.4 Å². The van der Waals surface area contributed by atoms with Crippen LogP contribution in [0.25, 0.3) is 0 Å². The van der Waals surface area contributed by atoms with Gasteiger partial charge >= 0.3 is 0 Å². The zero-order chi connectivity index (χ0) is 18.8. The SMILES string of the molecule is CCn1nc(C(C)C)cc1C(=O)N(C)C[C@H]1CC(=O)N(C2CCCC2)C1. The first-order chi connectivity index (χ1) is 12.4. The molecule has 3 rings (SSSR count). The molecule has 1 saturated carbocycles. The third-order valence-electron chi connectivity index (χ3n) is 5.79. The summed E-state index contributed by atoms with van der Waals surface area (Å²) >= 11 is 0.